The number of aromatic nitrogens is 2. The molecule has 1 aromatic carbocycles. The van der Waals surface area contributed by atoms with Crippen molar-refractivity contribution >= 4 is 22.6 Å². The van der Waals surface area contributed by atoms with E-state index in [1.165, 1.54) is 6.07 Å². The topological polar surface area (TPSA) is 27.1 Å². The fourth-order valence-corrected chi connectivity index (χ4v) is 2.35. The monoisotopic (exact) mass is 288 g/mol. The molecule has 0 N–H and O–H groups in total. The minimum Gasteiger partial charge on any atom is -0.385 e. The van der Waals surface area contributed by atoms with Gasteiger partial charge in [0, 0.05) is 19.8 Å². The second kappa shape index (κ2) is 5.84. The lowest BCUT2D eigenvalue weighted by Gasteiger charge is -2.16. The van der Waals surface area contributed by atoms with Gasteiger partial charge in [0.25, 0.3) is 0 Å². The molecule has 104 valence electrons. The normalized spacial score (nSPS) is 13.1. The van der Waals surface area contributed by atoms with Crippen LogP contribution in [0.5, 0.6) is 0 Å². The Labute approximate surface area is 115 Å². The zero-order valence-electron chi connectivity index (χ0n) is 10.8. The lowest BCUT2D eigenvalue weighted by Crippen LogP contribution is -2.11. The second-order valence-corrected chi connectivity index (χ2v) is 4.66. The summed E-state index contributed by atoms with van der Waals surface area (Å²) < 4.78 is 34.0. The minimum absolute atomic E-state index is 0.0741. The van der Waals surface area contributed by atoms with E-state index < -0.39 is 11.6 Å². The van der Waals surface area contributed by atoms with Crippen LogP contribution in [0.15, 0.2) is 12.1 Å². The van der Waals surface area contributed by atoms with E-state index in [2.05, 4.69) is 4.98 Å². The van der Waals surface area contributed by atoms with Gasteiger partial charge in [-0.2, -0.15) is 0 Å². The molecule has 0 saturated carbocycles. The smallest absolute Gasteiger partial charge is 0.184 e. The summed E-state index contributed by atoms with van der Waals surface area (Å²) in [6.07, 6.45) is 0.668. The fraction of sp³-hybridized carbons (Fsp3) is 0.462. The maximum absolute atomic E-state index is 14.0. The Hall–Kier alpha value is -1.20. The Morgan fingerprint density at radius 1 is 1.42 bits per heavy atom. The van der Waals surface area contributed by atoms with E-state index in [-0.39, 0.29) is 17.4 Å². The molecule has 1 unspecified atom stereocenters. The van der Waals surface area contributed by atoms with Crippen LogP contribution < -0.4 is 0 Å². The van der Waals surface area contributed by atoms with E-state index in [9.17, 15) is 8.78 Å². The van der Waals surface area contributed by atoms with Crippen LogP contribution in [0.3, 0.4) is 0 Å². The number of rotatable bonds is 5. The highest BCUT2D eigenvalue weighted by molar-refractivity contribution is 6.16. The predicted molar refractivity (Wildman–Crippen MR) is 70.4 cm³/mol. The highest BCUT2D eigenvalue weighted by Crippen LogP contribution is 2.27. The summed E-state index contributed by atoms with van der Waals surface area (Å²) >= 11 is 5.84. The van der Waals surface area contributed by atoms with Crippen LogP contribution >= 0.6 is 11.6 Å². The Bertz CT molecular complexity index is 586. The van der Waals surface area contributed by atoms with Gasteiger partial charge in [0.05, 0.1) is 11.4 Å². The average Bonchev–Trinajstić information content (AvgIpc) is 2.79. The molecular formula is C13H15ClF2N2O. The van der Waals surface area contributed by atoms with Crippen LogP contribution in [0.4, 0.5) is 8.78 Å². The molecule has 0 saturated heterocycles. The first-order chi connectivity index (χ1) is 9.10. The van der Waals surface area contributed by atoms with E-state index >= 15 is 0 Å². The number of fused-ring (bicyclic) bond motifs is 1. The number of ether oxygens (including phenoxy) is 1. The molecule has 1 atom stereocenters. The summed E-state index contributed by atoms with van der Waals surface area (Å²) in [4.78, 5) is 4.25. The molecule has 3 nitrogen and oxygen atoms in total. The van der Waals surface area contributed by atoms with Crippen LogP contribution in [0, 0.1) is 11.6 Å². The molecule has 2 aromatic rings. The Balaban J connectivity index is 2.58. The third kappa shape index (κ3) is 2.58. The van der Waals surface area contributed by atoms with Crippen molar-refractivity contribution in [2.75, 3.05) is 13.7 Å². The van der Waals surface area contributed by atoms with Crippen molar-refractivity contribution < 1.29 is 13.5 Å². The maximum Gasteiger partial charge on any atom is 0.184 e. The van der Waals surface area contributed by atoms with Gasteiger partial charge in [-0.25, -0.2) is 13.8 Å². The molecule has 0 fully saturated rings. The van der Waals surface area contributed by atoms with Crippen LogP contribution in [-0.2, 0) is 10.6 Å². The second-order valence-electron chi connectivity index (χ2n) is 4.39. The third-order valence-corrected chi connectivity index (χ3v) is 3.36. The van der Waals surface area contributed by atoms with Gasteiger partial charge >= 0.3 is 0 Å². The number of hydrogen-bond donors (Lipinski definition) is 0. The molecular weight excluding hydrogens is 274 g/mol. The molecule has 0 aliphatic carbocycles. The van der Waals surface area contributed by atoms with E-state index in [4.69, 9.17) is 16.3 Å². The van der Waals surface area contributed by atoms with Crippen LogP contribution in [0.1, 0.15) is 25.2 Å². The molecule has 19 heavy (non-hydrogen) atoms. The molecule has 0 aliphatic heterocycles. The van der Waals surface area contributed by atoms with Gasteiger partial charge in [-0.15, -0.1) is 11.6 Å². The van der Waals surface area contributed by atoms with Crippen molar-refractivity contribution in [3.05, 3.63) is 29.6 Å². The molecule has 0 aliphatic rings. The maximum atomic E-state index is 14.0. The summed E-state index contributed by atoms with van der Waals surface area (Å²) in [7, 11) is 1.60. The van der Waals surface area contributed by atoms with Crippen molar-refractivity contribution in [2.45, 2.75) is 25.3 Å². The van der Waals surface area contributed by atoms with Gasteiger partial charge in [-0.05, 0) is 25.5 Å². The highest BCUT2D eigenvalue weighted by atomic mass is 35.5. The molecule has 1 heterocycles. The summed E-state index contributed by atoms with van der Waals surface area (Å²) in [5.74, 6) is -1.09. The molecule has 2 rings (SSSR count). The quantitative estimate of drug-likeness (QED) is 0.785. The lowest BCUT2D eigenvalue weighted by molar-refractivity contribution is 0.181. The van der Waals surface area contributed by atoms with E-state index in [1.807, 2.05) is 6.92 Å². The number of hydrogen-bond acceptors (Lipinski definition) is 2. The first-order valence-electron chi connectivity index (χ1n) is 5.99. The molecule has 1 aromatic heterocycles. The van der Waals surface area contributed by atoms with Crippen LogP contribution in [0.2, 0.25) is 0 Å². The first kappa shape index (κ1) is 14.2. The van der Waals surface area contributed by atoms with Gasteiger partial charge in [-0.1, -0.05) is 0 Å². The third-order valence-electron chi connectivity index (χ3n) is 3.12. The highest BCUT2D eigenvalue weighted by Gasteiger charge is 2.20. The summed E-state index contributed by atoms with van der Waals surface area (Å²) in [5.41, 5.74) is 0.582. The number of alkyl halides is 1. The lowest BCUT2D eigenvalue weighted by atomic mass is 10.2. The number of imidazole rings is 1. The molecule has 0 radical (unpaired) electrons. The van der Waals surface area contributed by atoms with E-state index in [0.717, 1.165) is 6.07 Å². The van der Waals surface area contributed by atoms with Gasteiger partial charge < -0.3 is 9.30 Å². The number of methoxy groups -OCH3 is 1. The number of nitrogens with zero attached hydrogens (tertiary/aromatic N) is 2. The largest absolute Gasteiger partial charge is 0.385 e. The number of halogens is 3. The zero-order chi connectivity index (χ0) is 14.0. The van der Waals surface area contributed by atoms with Gasteiger partial charge in [0.15, 0.2) is 11.6 Å². The Morgan fingerprint density at radius 3 is 2.79 bits per heavy atom. The van der Waals surface area contributed by atoms with Crippen LogP contribution in [-0.4, -0.2) is 23.3 Å². The van der Waals surface area contributed by atoms with Gasteiger partial charge in [0.1, 0.15) is 11.3 Å². The van der Waals surface area contributed by atoms with Gasteiger partial charge in [0.2, 0.25) is 0 Å². The van der Waals surface area contributed by atoms with Crippen molar-refractivity contribution in [1.29, 1.82) is 0 Å². The van der Waals surface area contributed by atoms with Crippen molar-refractivity contribution in [3.8, 4) is 0 Å². The summed E-state index contributed by atoms with van der Waals surface area (Å²) in [6.45, 7) is 2.43. The Morgan fingerprint density at radius 2 is 2.16 bits per heavy atom. The minimum atomic E-state index is -0.884. The molecule has 0 amide bonds. The van der Waals surface area contributed by atoms with Crippen molar-refractivity contribution in [2.24, 2.45) is 0 Å². The standard InChI is InChI=1S/C13H15ClF2N2O/c1-8(5-6-19-2)18-11(7-14)17-10-4-3-9(15)12(16)13(10)18/h3-4,8H,5-7H2,1-2H3. The predicted octanol–water partition coefficient (Wildman–Crippen LogP) is 3.65. The van der Waals surface area contributed by atoms with Crippen LogP contribution in [0.25, 0.3) is 11.0 Å². The molecule has 6 heteroatoms. The van der Waals surface area contributed by atoms with E-state index in [0.29, 0.717) is 24.4 Å². The zero-order valence-corrected chi connectivity index (χ0v) is 11.5. The first-order valence-corrected chi connectivity index (χ1v) is 6.53. The van der Waals surface area contributed by atoms with Crippen molar-refractivity contribution in [1.82, 2.24) is 9.55 Å². The van der Waals surface area contributed by atoms with Crippen molar-refractivity contribution in [3.63, 3.8) is 0 Å². The van der Waals surface area contributed by atoms with Gasteiger partial charge in [-0.3, -0.25) is 0 Å². The summed E-state index contributed by atoms with van der Waals surface area (Å²) in [5, 5.41) is 0. The number of benzene rings is 1. The molecule has 0 spiro atoms. The Kier molecular flexibility index (Phi) is 4.37. The SMILES string of the molecule is COCCC(C)n1c(CCl)nc2ccc(F)c(F)c21. The fourth-order valence-electron chi connectivity index (χ4n) is 2.16. The average molecular weight is 289 g/mol. The van der Waals surface area contributed by atoms with E-state index in [1.54, 1.807) is 11.7 Å². The molecule has 0 bridgehead atoms. The summed E-state index contributed by atoms with van der Waals surface area (Å²) in [6, 6.07) is 2.46.